The van der Waals surface area contributed by atoms with E-state index in [1.54, 1.807) is 6.92 Å². The van der Waals surface area contributed by atoms with Crippen molar-refractivity contribution in [2.75, 3.05) is 12.8 Å². The van der Waals surface area contributed by atoms with E-state index in [0.29, 0.717) is 5.56 Å². The lowest BCUT2D eigenvalue weighted by molar-refractivity contribution is 0.0694. The third-order valence-electron chi connectivity index (χ3n) is 1.95. The van der Waals surface area contributed by atoms with E-state index in [2.05, 4.69) is 0 Å². The first-order chi connectivity index (χ1) is 6.49. The molecule has 1 rings (SSSR count). The van der Waals surface area contributed by atoms with E-state index in [0.717, 1.165) is 0 Å². The number of carboxylic acids is 1. The second-order valence-corrected chi connectivity index (χ2v) is 2.84. The number of aromatic hydroxyl groups is 1. The van der Waals surface area contributed by atoms with Crippen LogP contribution in [0.3, 0.4) is 0 Å². The number of methoxy groups -OCH3 is 1. The molecular formula is C9H11NO4. The molecule has 76 valence electrons. The lowest BCUT2D eigenvalue weighted by Gasteiger charge is -2.10. The summed E-state index contributed by atoms with van der Waals surface area (Å²) in [7, 11) is 1.34. The Morgan fingerprint density at radius 1 is 1.57 bits per heavy atom. The van der Waals surface area contributed by atoms with Gasteiger partial charge in [-0.05, 0) is 18.6 Å². The summed E-state index contributed by atoms with van der Waals surface area (Å²) in [5, 5.41) is 18.3. The third kappa shape index (κ3) is 1.44. The lowest BCUT2D eigenvalue weighted by atomic mass is 10.1. The number of benzene rings is 1. The zero-order chi connectivity index (χ0) is 10.9. The van der Waals surface area contributed by atoms with Gasteiger partial charge >= 0.3 is 5.97 Å². The molecule has 0 unspecified atom stereocenters. The summed E-state index contributed by atoms with van der Waals surface area (Å²) in [6.07, 6.45) is 0. The summed E-state index contributed by atoms with van der Waals surface area (Å²) >= 11 is 0. The van der Waals surface area contributed by atoms with E-state index in [1.807, 2.05) is 0 Å². The Balaban J connectivity index is 3.53. The normalized spacial score (nSPS) is 9.86. The van der Waals surface area contributed by atoms with Crippen LogP contribution in [0.5, 0.6) is 11.5 Å². The van der Waals surface area contributed by atoms with Crippen LogP contribution >= 0.6 is 0 Å². The number of aryl methyl sites for hydroxylation is 1. The van der Waals surface area contributed by atoms with E-state index >= 15 is 0 Å². The molecule has 5 nitrogen and oxygen atoms in total. The van der Waals surface area contributed by atoms with Crippen LogP contribution in [0.15, 0.2) is 6.07 Å². The second kappa shape index (κ2) is 3.45. The number of hydrogen-bond donors (Lipinski definition) is 3. The first-order valence-corrected chi connectivity index (χ1v) is 3.88. The molecule has 0 aliphatic heterocycles. The number of nitrogen functional groups attached to an aromatic ring is 1. The molecule has 14 heavy (non-hydrogen) atoms. The SMILES string of the molecule is COc1cc(C)c(N)c(C(=O)O)c1O. The van der Waals surface area contributed by atoms with E-state index in [1.165, 1.54) is 13.2 Å². The molecule has 1 aromatic rings. The molecule has 0 spiro atoms. The minimum Gasteiger partial charge on any atom is -0.504 e. The molecule has 0 aliphatic carbocycles. The van der Waals surface area contributed by atoms with Crippen LogP contribution in [0.4, 0.5) is 5.69 Å². The Morgan fingerprint density at radius 2 is 2.14 bits per heavy atom. The third-order valence-corrected chi connectivity index (χ3v) is 1.95. The second-order valence-electron chi connectivity index (χ2n) is 2.84. The van der Waals surface area contributed by atoms with Crippen LogP contribution < -0.4 is 10.5 Å². The maximum Gasteiger partial charge on any atom is 0.341 e. The quantitative estimate of drug-likeness (QED) is 0.615. The Hall–Kier alpha value is -1.91. The van der Waals surface area contributed by atoms with Crippen LogP contribution in [0.1, 0.15) is 15.9 Å². The molecule has 0 aliphatic rings. The van der Waals surface area contributed by atoms with Crippen LogP contribution in [-0.4, -0.2) is 23.3 Å². The molecule has 0 saturated carbocycles. The maximum atomic E-state index is 10.8. The van der Waals surface area contributed by atoms with Gasteiger partial charge in [0.25, 0.3) is 0 Å². The average molecular weight is 197 g/mol. The number of anilines is 1. The fourth-order valence-electron chi connectivity index (χ4n) is 1.16. The van der Waals surface area contributed by atoms with Crippen molar-refractivity contribution in [3.05, 3.63) is 17.2 Å². The molecule has 0 amide bonds. The predicted octanol–water partition coefficient (Wildman–Crippen LogP) is 0.990. The van der Waals surface area contributed by atoms with Gasteiger partial charge in [0.15, 0.2) is 11.5 Å². The van der Waals surface area contributed by atoms with Crippen LogP contribution in [0.25, 0.3) is 0 Å². The minimum atomic E-state index is -1.28. The minimum absolute atomic E-state index is 0.0517. The van der Waals surface area contributed by atoms with Gasteiger partial charge in [-0.1, -0.05) is 0 Å². The summed E-state index contributed by atoms with van der Waals surface area (Å²) in [6.45, 7) is 1.64. The fraction of sp³-hybridized carbons (Fsp3) is 0.222. The molecule has 1 aromatic carbocycles. The smallest absolute Gasteiger partial charge is 0.341 e. The summed E-state index contributed by atoms with van der Waals surface area (Å²) in [5.41, 5.74) is 5.80. The molecule has 0 fully saturated rings. The zero-order valence-corrected chi connectivity index (χ0v) is 7.87. The largest absolute Gasteiger partial charge is 0.504 e. The van der Waals surface area contributed by atoms with Crippen molar-refractivity contribution in [1.82, 2.24) is 0 Å². The standard InChI is InChI=1S/C9H11NO4/c1-4-3-5(14-2)8(11)6(7(4)10)9(12)13/h3,11H,10H2,1-2H3,(H,12,13). The molecule has 0 bridgehead atoms. The monoisotopic (exact) mass is 197 g/mol. The van der Waals surface area contributed by atoms with Gasteiger partial charge in [0.1, 0.15) is 5.56 Å². The van der Waals surface area contributed by atoms with Gasteiger partial charge in [-0.2, -0.15) is 0 Å². The van der Waals surface area contributed by atoms with Gasteiger partial charge in [0, 0.05) is 0 Å². The molecule has 0 radical (unpaired) electrons. The Morgan fingerprint density at radius 3 is 2.57 bits per heavy atom. The molecule has 0 saturated heterocycles. The van der Waals surface area contributed by atoms with Gasteiger partial charge in [-0.15, -0.1) is 0 Å². The molecular weight excluding hydrogens is 186 g/mol. The van der Waals surface area contributed by atoms with E-state index in [-0.39, 0.29) is 17.0 Å². The Labute approximate surface area is 80.7 Å². The number of carbonyl (C=O) groups is 1. The van der Waals surface area contributed by atoms with E-state index in [9.17, 15) is 9.90 Å². The Kier molecular flexibility index (Phi) is 2.51. The summed E-state index contributed by atoms with van der Waals surface area (Å²) in [5.74, 6) is -1.61. The molecule has 0 atom stereocenters. The number of aromatic carboxylic acids is 1. The highest BCUT2D eigenvalue weighted by Gasteiger charge is 2.19. The highest BCUT2D eigenvalue weighted by atomic mass is 16.5. The summed E-state index contributed by atoms with van der Waals surface area (Å²) < 4.78 is 4.80. The molecule has 0 heterocycles. The number of ether oxygens (including phenoxy) is 1. The summed E-state index contributed by atoms with van der Waals surface area (Å²) in [6, 6.07) is 1.48. The van der Waals surface area contributed by atoms with E-state index in [4.69, 9.17) is 15.6 Å². The van der Waals surface area contributed by atoms with Gasteiger partial charge < -0.3 is 20.7 Å². The van der Waals surface area contributed by atoms with Crippen molar-refractivity contribution in [2.45, 2.75) is 6.92 Å². The lowest BCUT2D eigenvalue weighted by Crippen LogP contribution is -2.05. The van der Waals surface area contributed by atoms with Crippen molar-refractivity contribution in [3.63, 3.8) is 0 Å². The van der Waals surface area contributed by atoms with Crippen molar-refractivity contribution < 1.29 is 19.7 Å². The average Bonchev–Trinajstić information content (AvgIpc) is 2.11. The first kappa shape index (κ1) is 10.2. The van der Waals surface area contributed by atoms with E-state index < -0.39 is 11.7 Å². The van der Waals surface area contributed by atoms with Gasteiger partial charge in [-0.25, -0.2) is 4.79 Å². The van der Waals surface area contributed by atoms with Crippen LogP contribution in [-0.2, 0) is 0 Å². The summed E-state index contributed by atoms with van der Waals surface area (Å²) in [4.78, 5) is 10.8. The molecule has 0 aromatic heterocycles. The van der Waals surface area contributed by atoms with Crippen molar-refractivity contribution >= 4 is 11.7 Å². The molecule has 5 heteroatoms. The maximum absolute atomic E-state index is 10.8. The van der Waals surface area contributed by atoms with Crippen LogP contribution in [0, 0.1) is 6.92 Å². The van der Waals surface area contributed by atoms with Crippen LogP contribution in [0.2, 0.25) is 0 Å². The highest BCUT2D eigenvalue weighted by Crippen LogP contribution is 2.36. The van der Waals surface area contributed by atoms with Crippen molar-refractivity contribution in [3.8, 4) is 11.5 Å². The number of rotatable bonds is 2. The highest BCUT2D eigenvalue weighted by molar-refractivity contribution is 5.98. The van der Waals surface area contributed by atoms with Gasteiger partial charge in [0.05, 0.1) is 12.8 Å². The van der Waals surface area contributed by atoms with Gasteiger partial charge in [-0.3, -0.25) is 0 Å². The number of carboxylic acid groups (broad SMARTS) is 1. The zero-order valence-electron chi connectivity index (χ0n) is 7.87. The number of phenols is 1. The number of nitrogens with two attached hydrogens (primary N) is 1. The van der Waals surface area contributed by atoms with Crippen molar-refractivity contribution in [2.24, 2.45) is 0 Å². The van der Waals surface area contributed by atoms with Gasteiger partial charge in [0.2, 0.25) is 0 Å². The number of hydrogen-bond acceptors (Lipinski definition) is 4. The topological polar surface area (TPSA) is 92.8 Å². The predicted molar refractivity (Wildman–Crippen MR) is 50.8 cm³/mol. The fourth-order valence-corrected chi connectivity index (χ4v) is 1.16. The molecule has 4 N–H and O–H groups in total. The first-order valence-electron chi connectivity index (χ1n) is 3.88. The Bertz CT molecular complexity index is 387. The van der Waals surface area contributed by atoms with Crippen molar-refractivity contribution in [1.29, 1.82) is 0 Å².